The van der Waals surface area contributed by atoms with E-state index in [2.05, 4.69) is 10.6 Å². The van der Waals surface area contributed by atoms with Gasteiger partial charge in [0, 0.05) is 22.4 Å². The van der Waals surface area contributed by atoms with Crippen LogP contribution >= 0.6 is 0 Å². The molecule has 26 heavy (non-hydrogen) atoms. The average molecular weight is 350 g/mol. The Kier molecular flexibility index (Phi) is 5.40. The molecule has 136 valence electrons. The second-order valence-corrected chi connectivity index (χ2v) is 7.42. The number of rotatable bonds is 4. The van der Waals surface area contributed by atoms with Gasteiger partial charge in [0.2, 0.25) is 5.91 Å². The number of amides is 2. The first-order valence-corrected chi connectivity index (χ1v) is 9.26. The molecule has 1 fully saturated rings. The van der Waals surface area contributed by atoms with Gasteiger partial charge in [0.05, 0.1) is 0 Å². The molecule has 1 aliphatic carbocycles. The second kappa shape index (κ2) is 7.73. The summed E-state index contributed by atoms with van der Waals surface area (Å²) in [6, 6.07) is 14.7. The largest absolute Gasteiger partial charge is 0.326 e. The highest BCUT2D eigenvalue weighted by atomic mass is 16.2. The molecule has 0 atom stereocenters. The van der Waals surface area contributed by atoms with E-state index in [-0.39, 0.29) is 17.2 Å². The fraction of sp³-hybridized carbons (Fsp3) is 0.364. The molecule has 2 N–H and O–H groups in total. The molecule has 4 nitrogen and oxygen atoms in total. The van der Waals surface area contributed by atoms with Gasteiger partial charge in [-0.2, -0.15) is 0 Å². The molecule has 1 aliphatic rings. The van der Waals surface area contributed by atoms with Gasteiger partial charge in [0.15, 0.2) is 0 Å². The van der Waals surface area contributed by atoms with E-state index in [0.29, 0.717) is 5.56 Å². The van der Waals surface area contributed by atoms with E-state index in [1.807, 2.05) is 38.1 Å². The van der Waals surface area contributed by atoms with Crippen molar-refractivity contribution >= 4 is 23.2 Å². The summed E-state index contributed by atoms with van der Waals surface area (Å²) in [5, 5.41) is 5.92. The number of hydrogen-bond acceptors (Lipinski definition) is 2. The van der Waals surface area contributed by atoms with E-state index in [4.69, 9.17) is 0 Å². The zero-order valence-electron chi connectivity index (χ0n) is 15.5. The molecule has 2 amide bonds. The number of carbonyl (C=O) groups excluding carboxylic acids is 2. The molecule has 1 saturated carbocycles. The van der Waals surface area contributed by atoms with Gasteiger partial charge in [-0.05, 0) is 55.7 Å². The third-order valence-corrected chi connectivity index (χ3v) is 5.30. The van der Waals surface area contributed by atoms with Crippen LogP contribution in [0.5, 0.6) is 0 Å². The van der Waals surface area contributed by atoms with Crippen molar-refractivity contribution in [2.24, 2.45) is 5.41 Å². The fourth-order valence-corrected chi connectivity index (χ4v) is 3.45. The van der Waals surface area contributed by atoms with Crippen LogP contribution in [0.1, 0.15) is 54.9 Å². The van der Waals surface area contributed by atoms with E-state index in [9.17, 15) is 9.59 Å². The quantitative estimate of drug-likeness (QED) is 0.800. The van der Waals surface area contributed by atoms with Gasteiger partial charge < -0.3 is 10.6 Å². The van der Waals surface area contributed by atoms with Crippen molar-refractivity contribution in [3.8, 4) is 0 Å². The Bertz CT molecular complexity index is 790. The molecule has 0 saturated heterocycles. The predicted molar refractivity (Wildman–Crippen MR) is 105 cm³/mol. The summed E-state index contributed by atoms with van der Waals surface area (Å²) >= 11 is 0. The predicted octanol–water partition coefficient (Wildman–Crippen LogP) is 5.16. The molecule has 2 aromatic carbocycles. The third kappa shape index (κ3) is 4.13. The Morgan fingerprint density at radius 3 is 2.19 bits per heavy atom. The van der Waals surface area contributed by atoms with Crippen LogP contribution in [-0.2, 0) is 4.79 Å². The monoisotopic (exact) mass is 350 g/mol. The van der Waals surface area contributed by atoms with E-state index in [0.717, 1.165) is 42.6 Å². The molecular weight excluding hydrogens is 324 g/mol. The Morgan fingerprint density at radius 1 is 0.885 bits per heavy atom. The van der Waals surface area contributed by atoms with Crippen LogP contribution in [0.3, 0.4) is 0 Å². The molecule has 0 aliphatic heterocycles. The van der Waals surface area contributed by atoms with Crippen LogP contribution < -0.4 is 10.6 Å². The summed E-state index contributed by atoms with van der Waals surface area (Å²) in [6.45, 7) is 4.01. The van der Waals surface area contributed by atoms with E-state index >= 15 is 0 Å². The minimum absolute atomic E-state index is 0.0781. The van der Waals surface area contributed by atoms with Crippen molar-refractivity contribution in [3.63, 3.8) is 0 Å². The maximum atomic E-state index is 12.6. The van der Waals surface area contributed by atoms with Gasteiger partial charge >= 0.3 is 0 Å². The van der Waals surface area contributed by atoms with E-state index < -0.39 is 0 Å². The van der Waals surface area contributed by atoms with E-state index in [1.165, 1.54) is 6.42 Å². The third-order valence-electron chi connectivity index (χ3n) is 5.30. The zero-order chi connectivity index (χ0) is 18.6. The summed E-state index contributed by atoms with van der Waals surface area (Å²) < 4.78 is 0. The molecule has 0 bridgehead atoms. The van der Waals surface area contributed by atoms with Gasteiger partial charge in [0.1, 0.15) is 0 Å². The van der Waals surface area contributed by atoms with Crippen LogP contribution in [-0.4, -0.2) is 11.8 Å². The van der Waals surface area contributed by atoms with Crippen molar-refractivity contribution in [3.05, 3.63) is 59.7 Å². The number of benzene rings is 2. The lowest BCUT2D eigenvalue weighted by Gasteiger charge is -2.32. The Hall–Kier alpha value is -2.62. The minimum Gasteiger partial charge on any atom is -0.326 e. The highest BCUT2D eigenvalue weighted by Crippen LogP contribution is 2.36. The lowest BCUT2D eigenvalue weighted by atomic mass is 9.75. The van der Waals surface area contributed by atoms with Gasteiger partial charge in [-0.3, -0.25) is 9.59 Å². The maximum Gasteiger partial charge on any atom is 0.255 e. The van der Waals surface area contributed by atoms with Crippen molar-refractivity contribution in [2.75, 3.05) is 10.6 Å². The molecule has 0 aromatic heterocycles. The average Bonchev–Trinajstić information content (AvgIpc) is 2.65. The maximum absolute atomic E-state index is 12.6. The van der Waals surface area contributed by atoms with Gasteiger partial charge in [-0.1, -0.05) is 44.4 Å². The lowest BCUT2D eigenvalue weighted by molar-refractivity contribution is -0.126. The normalized spacial score (nSPS) is 15.9. The number of nitrogens with one attached hydrogen (secondary N) is 2. The number of hydrogen-bond donors (Lipinski definition) is 2. The first-order chi connectivity index (χ1) is 12.5. The zero-order valence-corrected chi connectivity index (χ0v) is 15.5. The van der Waals surface area contributed by atoms with Crippen molar-refractivity contribution in [1.29, 1.82) is 0 Å². The van der Waals surface area contributed by atoms with Gasteiger partial charge in [0.25, 0.3) is 5.91 Å². The van der Waals surface area contributed by atoms with E-state index in [1.54, 1.807) is 24.3 Å². The number of aryl methyl sites for hydroxylation is 1. The summed E-state index contributed by atoms with van der Waals surface area (Å²) in [5.74, 6) is -0.0780. The van der Waals surface area contributed by atoms with Crippen LogP contribution in [0, 0.1) is 12.3 Å². The summed E-state index contributed by atoms with van der Waals surface area (Å²) in [7, 11) is 0. The molecule has 0 spiro atoms. The molecular formula is C22H26N2O2. The lowest BCUT2D eigenvalue weighted by Crippen LogP contribution is -2.35. The van der Waals surface area contributed by atoms with Crippen LogP contribution in [0.4, 0.5) is 11.4 Å². The number of carbonyl (C=O) groups is 2. The first-order valence-electron chi connectivity index (χ1n) is 9.26. The summed E-state index contributed by atoms with van der Waals surface area (Å²) in [4.78, 5) is 25.0. The van der Waals surface area contributed by atoms with Crippen LogP contribution in [0.15, 0.2) is 48.5 Å². The van der Waals surface area contributed by atoms with Crippen LogP contribution in [0.25, 0.3) is 0 Å². The summed E-state index contributed by atoms with van der Waals surface area (Å²) in [6.07, 6.45) is 5.32. The molecule has 0 heterocycles. The highest BCUT2D eigenvalue weighted by molar-refractivity contribution is 6.05. The molecule has 0 unspecified atom stereocenters. The topological polar surface area (TPSA) is 58.2 Å². The van der Waals surface area contributed by atoms with Gasteiger partial charge in [-0.15, -0.1) is 0 Å². The Balaban J connectivity index is 1.64. The molecule has 4 heteroatoms. The number of anilines is 2. The highest BCUT2D eigenvalue weighted by Gasteiger charge is 2.34. The Morgan fingerprint density at radius 2 is 1.54 bits per heavy atom. The standard InChI is InChI=1S/C22H26N2O2/c1-16-8-4-5-9-19(16)24-20(25)17-10-12-18(13-11-17)23-21(26)22(2)14-6-3-7-15-22/h4-5,8-13H,3,6-7,14-15H2,1-2H3,(H,23,26)(H,24,25). The smallest absolute Gasteiger partial charge is 0.255 e. The molecule has 2 aromatic rings. The summed E-state index contributed by atoms with van der Waals surface area (Å²) in [5.41, 5.74) is 2.84. The van der Waals surface area contributed by atoms with Gasteiger partial charge in [-0.25, -0.2) is 0 Å². The Labute approximate surface area is 155 Å². The van der Waals surface area contributed by atoms with Crippen LogP contribution in [0.2, 0.25) is 0 Å². The van der Waals surface area contributed by atoms with Crippen molar-refractivity contribution < 1.29 is 9.59 Å². The fourth-order valence-electron chi connectivity index (χ4n) is 3.45. The number of para-hydroxylation sites is 1. The first kappa shape index (κ1) is 18.2. The molecule has 0 radical (unpaired) electrons. The SMILES string of the molecule is Cc1ccccc1NC(=O)c1ccc(NC(=O)C2(C)CCCCC2)cc1. The van der Waals surface area contributed by atoms with Crippen molar-refractivity contribution in [1.82, 2.24) is 0 Å². The second-order valence-electron chi connectivity index (χ2n) is 7.42. The van der Waals surface area contributed by atoms with Crippen molar-refractivity contribution in [2.45, 2.75) is 46.0 Å². The minimum atomic E-state index is -0.279. The molecule has 3 rings (SSSR count).